The first-order chi connectivity index (χ1) is 11.3. The average molecular weight is 410 g/mol. The number of halogens is 1. The normalized spacial score (nSPS) is 19.8. The molecule has 0 saturated carbocycles. The minimum absolute atomic E-state index is 0.237. The Balaban J connectivity index is 1.82. The molecular weight excluding hydrogens is 394 g/mol. The molecule has 1 amide bonds. The summed E-state index contributed by atoms with van der Waals surface area (Å²) in [4.78, 5) is 24.9. The predicted molar refractivity (Wildman–Crippen MR) is 94.3 cm³/mol. The van der Waals surface area contributed by atoms with Crippen molar-refractivity contribution >= 4 is 44.3 Å². The van der Waals surface area contributed by atoms with Crippen molar-refractivity contribution in [2.75, 3.05) is 5.32 Å². The molecule has 1 aliphatic rings. The van der Waals surface area contributed by atoms with Crippen molar-refractivity contribution in [2.45, 2.75) is 38.7 Å². The Kier molecular flexibility index (Phi) is 4.44. The Morgan fingerprint density at radius 2 is 2.17 bits per heavy atom. The number of anilines is 1. The lowest BCUT2D eigenvalue weighted by Crippen LogP contribution is -2.48. The molecule has 2 heterocycles. The molecule has 0 radical (unpaired) electrons. The molecule has 126 valence electrons. The maximum atomic E-state index is 12.6. The van der Waals surface area contributed by atoms with E-state index in [-0.39, 0.29) is 5.92 Å². The molecule has 2 aromatic rings. The number of hydrogen-bond donors (Lipinski definition) is 1. The summed E-state index contributed by atoms with van der Waals surface area (Å²) < 4.78 is 6.27. The Morgan fingerprint density at radius 1 is 1.42 bits per heavy atom. The Morgan fingerprint density at radius 3 is 2.83 bits per heavy atom. The van der Waals surface area contributed by atoms with Crippen molar-refractivity contribution in [3.63, 3.8) is 0 Å². The van der Waals surface area contributed by atoms with Gasteiger partial charge < -0.3 is 4.74 Å². The minimum Gasteiger partial charge on any atom is -0.445 e. The van der Waals surface area contributed by atoms with Gasteiger partial charge in [-0.05, 0) is 30.7 Å². The summed E-state index contributed by atoms with van der Waals surface area (Å²) in [5.74, 6) is -0.671. The molecule has 8 heteroatoms. The number of benzene rings is 1. The average Bonchev–Trinajstić information content (AvgIpc) is 2.95. The van der Waals surface area contributed by atoms with Crippen LogP contribution in [-0.2, 0) is 16.0 Å². The van der Waals surface area contributed by atoms with Crippen molar-refractivity contribution in [2.24, 2.45) is 0 Å². The molecule has 0 aliphatic carbocycles. The molecule has 1 unspecified atom stereocenters. The van der Waals surface area contributed by atoms with E-state index in [1.165, 1.54) is 11.3 Å². The van der Waals surface area contributed by atoms with Crippen LogP contribution in [0.3, 0.4) is 0 Å². The zero-order chi connectivity index (χ0) is 17.5. The van der Waals surface area contributed by atoms with E-state index < -0.39 is 17.5 Å². The van der Waals surface area contributed by atoms with Crippen LogP contribution in [0.2, 0.25) is 0 Å². The predicted octanol–water partition coefficient (Wildman–Crippen LogP) is 3.53. The summed E-state index contributed by atoms with van der Waals surface area (Å²) in [7, 11) is 0. The summed E-state index contributed by atoms with van der Waals surface area (Å²) in [6, 6.07) is 5.31. The number of ether oxygens (including phenoxy) is 1. The molecule has 24 heavy (non-hydrogen) atoms. The second-order valence-corrected chi connectivity index (χ2v) is 8.08. The zero-order valence-electron chi connectivity index (χ0n) is 13.4. The van der Waals surface area contributed by atoms with Gasteiger partial charge in [-0.3, -0.25) is 10.1 Å². The van der Waals surface area contributed by atoms with Gasteiger partial charge in [-0.1, -0.05) is 41.1 Å². The molecule has 0 bridgehead atoms. The monoisotopic (exact) mass is 409 g/mol. The van der Waals surface area contributed by atoms with Gasteiger partial charge in [0, 0.05) is 16.8 Å². The number of nitrogens with zero attached hydrogens (tertiary/aromatic N) is 2. The number of amides is 1. The highest BCUT2D eigenvalue weighted by Gasteiger charge is 2.43. The maximum Gasteiger partial charge on any atom is 0.339 e. The van der Waals surface area contributed by atoms with Crippen LogP contribution in [0.5, 0.6) is 0 Å². The number of rotatable bonds is 3. The van der Waals surface area contributed by atoms with Crippen LogP contribution >= 0.6 is 27.3 Å². The summed E-state index contributed by atoms with van der Waals surface area (Å²) in [5.41, 5.74) is -0.0194. The number of cyclic esters (lactones) is 1. The van der Waals surface area contributed by atoms with Gasteiger partial charge in [-0.25, -0.2) is 4.79 Å². The van der Waals surface area contributed by atoms with Crippen LogP contribution in [0.15, 0.2) is 22.7 Å². The standard InChI is InChI=1S/C16H16BrN3O3S/c1-8(2)12-19-20-15(24-12)18-14(22)16(3)7-9-6-10(17)4-5-11(9)13(21)23-16/h4-6,8H,7H2,1-3H3,(H,18,20,22). The van der Waals surface area contributed by atoms with Crippen LogP contribution in [0.25, 0.3) is 0 Å². The van der Waals surface area contributed by atoms with Gasteiger partial charge in [-0.2, -0.15) is 0 Å². The second-order valence-electron chi connectivity index (χ2n) is 6.15. The highest BCUT2D eigenvalue weighted by molar-refractivity contribution is 9.10. The topological polar surface area (TPSA) is 81.2 Å². The number of carbonyl (C=O) groups excluding carboxylic acids is 2. The molecule has 0 fully saturated rings. The van der Waals surface area contributed by atoms with Gasteiger partial charge in [-0.15, -0.1) is 10.2 Å². The van der Waals surface area contributed by atoms with Crippen LogP contribution in [-0.4, -0.2) is 27.7 Å². The van der Waals surface area contributed by atoms with Crippen LogP contribution in [0, 0.1) is 0 Å². The second kappa shape index (κ2) is 6.25. The van der Waals surface area contributed by atoms with E-state index in [2.05, 4.69) is 31.4 Å². The lowest BCUT2D eigenvalue weighted by molar-refractivity contribution is -0.134. The summed E-state index contributed by atoms with van der Waals surface area (Å²) in [5, 5.41) is 12.0. The molecule has 6 nitrogen and oxygen atoms in total. The number of hydrogen-bond acceptors (Lipinski definition) is 6. The van der Waals surface area contributed by atoms with Crippen molar-refractivity contribution in [3.05, 3.63) is 38.8 Å². The van der Waals surface area contributed by atoms with Gasteiger partial charge in [0.25, 0.3) is 5.91 Å². The van der Waals surface area contributed by atoms with Crippen LogP contribution in [0.1, 0.15) is 47.6 Å². The number of carbonyl (C=O) groups is 2. The Labute approximate surface area is 151 Å². The molecule has 1 N–H and O–H groups in total. The molecule has 1 atom stereocenters. The maximum absolute atomic E-state index is 12.6. The van der Waals surface area contributed by atoms with Crippen molar-refractivity contribution in [1.82, 2.24) is 10.2 Å². The molecule has 0 spiro atoms. The quantitative estimate of drug-likeness (QED) is 0.783. The number of aromatic nitrogens is 2. The Hall–Kier alpha value is -1.80. The molecular formula is C16H16BrN3O3S. The van der Waals surface area contributed by atoms with E-state index in [1.54, 1.807) is 19.1 Å². The van der Waals surface area contributed by atoms with E-state index in [0.29, 0.717) is 17.1 Å². The highest BCUT2D eigenvalue weighted by Crippen LogP contribution is 2.31. The highest BCUT2D eigenvalue weighted by atomic mass is 79.9. The fourth-order valence-electron chi connectivity index (χ4n) is 2.44. The number of esters is 1. The van der Waals surface area contributed by atoms with Gasteiger partial charge in [0.15, 0.2) is 5.60 Å². The van der Waals surface area contributed by atoms with Crippen molar-refractivity contribution in [3.8, 4) is 0 Å². The lowest BCUT2D eigenvalue weighted by Gasteiger charge is -2.32. The molecule has 1 aliphatic heterocycles. The van der Waals surface area contributed by atoms with Crippen LogP contribution < -0.4 is 5.32 Å². The summed E-state index contributed by atoms with van der Waals surface area (Å²) >= 11 is 4.70. The van der Waals surface area contributed by atoms with Crippen molar-refractivity contribution in [1.29, 1.82) is 0 Å². The first kappa shape index (κ1) is 17.0. The van der Waals surface area contributed by atoms with Crippen molar-refractivity contribution < 1.29 is 14.3 Å². The molecule has 1 aromatic heterocycles. The zero-order valence-corrected chi connectivity index (χ0v) is 15.8. The fourth-order valence-corrected chi connectivity index (χ4v) is 3.59. The lowest BCUT2D eigenvalue weighted by atomic mass is 9.89. The first-order valence-electron chi connectivity index (χ1n) is 7.45. The van der Waals surface area contributed by atoms with Gasteiger partial charge in [0.2, 0.25) is 5.13 Å². The molecule has 3 rings (SSSR count). The van der Waals surface area contributed by atoms with E-state index >= 15 is 0 Å². The summed E-state index contributed by atoms with van der Waals surface area (Å²) in [6.07, 6.45) is 0.301. The van der Waals surface area contributed by atoms with Gasteiger partial charge in [0.05, 0.1) is 5.56 Å². The number of fused-ring (bicyclic) bond motifs is 1. The smallest absolute Gasteiger partial charge is 0.339 e. The number of nitrogens with one attached hydrogen (secondary N) is 1. The fraction of sp³-hybridized carbons (Fsp3) is 0.375. The van der Waals surface area contributed by atoms with E-state index in [0.717, 1.165) is 15.0 Å². The third kappa shape index (κ3) is 3.21. The van der Waals surface area contributed by atoms with E-state index in [1.807, 2.05) is 19.9 Å². The van der Waals surface area contributed by atoms with Gasteiger partial charge >= 0.3 is 5.97 Å². The van der Waals surface area contributed by atoms with Gasteiger partial charge in [0.1, 0.15) is 5.01 Å². The van der Waals surface area contributed by atoms with Crippen LogP contribution in [0.4, 0.5) is 5.13 Å². The minimum atomic E-state index is -1.28. The molecule has 1 aromatic carbocycles. The SMILES string of the molecule is CC(C)c1nnc(NC(=O)C2(C)Cc3cc(Br)ccc3C(=O)O2)s1. The first-order valence-corrected chi connectivity index (χ1v) is 9.06. The Bertz CT molecular complexity index is 821. The van der Waals surface area contributed by atoms with E-state index in [4.69, 9.17) is 4.74 Å². The third-order valence-electron chi connectivity index (χ3n) is 3.77. The molecule has 0 saturated heterocycles. The third-order valence-corrected chi connectivity index (χ3v) is 5.40. The summed E-state index contributed by atoms with van der Waals surface area (Å²) in [6.45, 7) is 5.62. The largest absolute Gasteiger partial charge is 0.445 e. The van der Waals surface area contributed by atoms with E-state index in [9.17, 15) is 9.59 Å².